The molecule has 9 nitrogen and oxygen atoms in total. The van der Waals surface area contributed by atoms with Crippen molar-refractivity contribution in [1.82, 2.24) is 5.32 Å². The molecule has 1 rings (SSSR count). The third kappa shape index (κ3) is 27.9. The van der Waals surface area contributed by atoms with Crippen LogP contribution < -0.4 is 5.32 Å². The molecule has 55 heavy (non-hydrogen) atoms. The molecule has 0 spiro atoms. The molecule has 6 N–H and O–H groups in total. The van der Waals surface area contributed by atoms with Crippen molar-refractivity contribution in [2.24, 2.45) is 0 Å². The summed E-state index contributed by atoms with van der Waals surface area (Å²) in [6, 6.07) is -0.723. The molecular weight excluding hydrogens is 695 g/mol. The van der Waals surface area contributed by atoms with Gasteiger partial charge in [0.1, 0.15) is 24.4 Å². The third-order valence-electron chi connectivity index (χ3n) is 11.1. The summed E-state index contributed by atoms with van der Waals surface area (Å²) in [5.74, 6) is -0.158. The number of amides is 1. The predicted octanol–water partition coefficient (Wildman–Crippen LogP) is 9.50. The van der Waals surface area contributed by atoms with Crippen molar-refractivity contribution in [2.75, 3.05) is 13.2 Å². The van der Waals surface area contributed by atoms with Crippen molar-refractivity contribution in [1.29, 1.82) is 0 Å². The Morgan fingerprint density at radius 1 is 0.618 bits per heavy atom. The molecule has 1 aliphatic heterocycles. The minimum atomic E-state index is -1.55. The summed E-state index contributed by atoms with van der Waals surface area (Å²) < 4.78 is 11.2. The largest absolute Gasteiger partial charge is 0.394 e. The van der Waals surface area contributed by atoms with E-state index in [9.17, 15) is 30.3 Å². The SMILES string of the molecule is CCCCC/C=C\C/C=C\CCCCCCCC(=O)NC(COC1OC(CO)C(O)C(O)C1O)C(O)CCCCCCCCCCCCCCCCCCC. The van der Waals surface area contributed by atoms with E-state index >= 15 is 0 Å². The monoisotopic (exact) mass is 782 g/mol. The number of allylic oxidation sites excluding steroid dienone is 4. The maximum Gasteiger partial charge on any atom is 0.220 e. The Labute approximate surface area is 337 Å². The molecule has 0 aromatic carbocycles. The van der Waals surface area contributed by atoms with Gasteiger partial charge in [0.15, 0.2) is 6.29 Å². The lowest BCUT2D eigenvalue weighted by atomic mass is 9.99. The van der Waals surface area contributed by atoms with Crippen molar-refractivity contribution < 1.29 is 39.8 Å². The van der Waals surface area contributed by atoms with Crippen LogP contribution in [0.4, 0.5) is 0 Å². The van der Waals surface area contributed by atoms with Crippen LogP contribution in [0.2, 0.25) is 0 Å². The van der Waals surface area contributed by atoms with Gasteiger partial charge in [0.2, 0.25) is 5.91 Å². The van der Waals surface area contributed by atoms with Gasteiger partial charge in [-0.05, 0) is 44.9 Å². The zero-order chi connectivity index (χ0) is 40.2. The smallest absolute Gasteiger partial charge is 0.220 e. The zero-order valence-corrected chi connectivity index (χ0v) is 35.4. The number of carbonyl (C=O) groups is 1. The van der Waals surface area contributed by atoms with Crippen molar-refractivity contribution in [3.05, 3.63) is 24.3 Å². The van der Waals surface area contributed by atoms with Crippen molar-refractivity contribution in [3.63, 3.8) is 0 Å². The number of nitrogens with one attached hydrogen (secondary N) is 1. The molecule has 324 valence electrons. The highest BCUT2D eigenvalue weighted by Gasteiger charge is 2.44. The Hall–Kier alpha value is -1.33. The zero-order valence-electron chi connectivity index (χ0n) is 35.4. The number of aliphatic hydroxyl groups is 5. The molecule has 0 saturated carbocycles. The molecule has 1 fully saturated rings. The lowest BCUT2D eigenvalue weighted by molar-refractivity contribution is -0.302. The topological polar surface area (TPSA) is 149 Å². The molecule has 7 atom stereocenters. The van der Waals surface area contributed by atoms with E-state index in [1.807, 2.05) is 0 Å². The summed E-state index contributed by atoms with van der Waals surface area (Å²) in [6.45, 7) is 3.80. The van der Waals surface area contributed by atoms with E-state index in [0.29, 0.717) is 12.8 Å². The van der Waals surface area contributed by atoms with Gasteiger partial charge in [-0.3, -0.25) is 4.79 Å². The number of aliphatic hydroxyl groups excluding tert-OH is 5. The fourth-order valence-corrected chi connectivity index (χ4v) is 7.31. The normalized spacial score (nSPS) is 21.5. The Balaban J connectivity index is 2.34. The molecule has 0 bridgehead atoms. The number of hydrogen-bond donors (Lipinski definition) is 6. The summed E-state index contributed by atoms with van der Waals surface area (Å²) in [5.41, 5.74) is 0. The Bertz CT molecular complexity index is 914. The molecule has 7 unspecified atom stereocenters. The number of ether oxygens (including phenoxy) is 2. The van der Waals surface area contributed by atoms with Crippen LogP contribution in [0.1, 0.15) is 206 Å². The Kier molecular flexibility index (Phi) is 34.7. The van der Waals surface area contributed by atoms with Gasteiger partial charge in [0, 0.05) is 6.42 Å². The molecule has 1 heterocycles. The van der Waals surface area contributed by atoms with E-state index in [1.165, 1.54) is 116 Å². The van der Waals surface area contributed by atoms with Crippen LogP contribution >= 0.6 is 0 Å². The predicted molar refractivity (Wildman–Crippen MR) is 226 cm³/mol. The molecular formula is C46H87NO8. The highest BCUT2D eigenvalue weighted by Crippen LogP contribution is 2.23. The Morgan fingerprint density at radius 2 is 1.07 bits per heavy atom. The average Bonchev–Trinajstić information content (AvgIpc) is 3.18. The van der Waals surface area contributed by atoms with Crippen LogP contribution in [0.3, 0.4) is 0 Å². The lowest BCUT2D eigenvalue weighted by Crippen LogP contribution is -2.60. The van der Waals surface area contributed by atoms with E-state index in [0.717, 1.165) is 64.2 Å². The van der Waals surface area contributed by atoms with Crippen LogP contribution in [0.5, 0.6) is 0 Å². The number of hydrogen-bond acceptors (Lipinski definition) is 8. The number of carbonyl (C=O) groups excluding carboxylic acids is 1. The van der Waals surface area contributed by atoms with E-state index in [-0.39, 0.29) is 12.5 Å². The number of unbranched alkanes of at least 4 members (excludes halogenated alkanes) is 24. The first-order valence-electron chi connectivity index (χ1n) is 23.0. The molecule has 0 aromatic heterocycles. The first-order chi connectivity index (χ1) is 26.8. The summed E-state index contributed by atoms with van der Waals surface area (Å²) >= 11 is 0. The van der Waals surface area contributed by atoms with Gasteiger partial charge in [-0.2, -0.15) is 0 Å². The van der Waals surface area contributed by atoms with Gasteiger partial charge in [0.05, 0.1) is 25.4 Å². The molecule has 0 aliphatic carbocycles. The maximum atomic E-state index is 13.0. The van der Waals surface area contributed by atoms with Crippen molar-refractivity contribution >= 4 is 5.91 Å². The molecule has 9 heteroatoms. The molecule has 0 aromatic rings. The first-order valence-corrected chi connectivity index (χ1v) is 23.0. The third-order valence-corrected chi connectivity index (χ3v) is 11.1. The average molecular weight is 782 g/mol. The van der Waals surface area contributed by atoms with Gasteiger partial charge in [-0.1, -0.05) is 179 Å². The fraction of sp³-hybridized carbons (Fsp3) is 0.891. The van der Waals surface area contributed by atoms with E-state index in [4.69, 9.17) is 9.47 Å². The Morgan fingerprint density at radius 3 is 1.60 bits per heavy atom. The minimum Gasteiger partial charge on any atom is -0.394 e. The van der Waals surface area contributed by atoms with Crippen LogP contribution in [-0.2, 0) is 14.3 Å². The van der Waals surface area contributed by atoms with Gasteiger partial charge in [0.25, 0.3) is 0 Å². The van der Waals surface area contributed by atoms with Crippen molar-refractivity contribution in [3.8, 4) is 0 Å². The summed E-state index contributed by atoms with van der Waals surface area (Å²) in [7, 11) is 0. The molecule has 1 aliphatic rings. The molecule has 1 amide bonds. The van der Waals surface area contributed by atoms with Crippen molar-refractivity contribution in [2.45, 2.75) is 249 Å². The second kappa shape index (κ2) is 37.0. The summed E-state index contributed by atoms with van der Waals surface area (Å²) in [4.78, 5) is 13.0. The van der Waals surface area contributed by atoms with Gasteiger partial charge in [-0.25, -0.2) is 0 Å². The first kappa shape index (κ1) is 51.7. The van der Waals surface area contributed by atoms with Crippen LogP contribution in [0.25, 0.3) is 0 Å². The number of rotatable bonds is 38. The van der Waals surface area contributed by atoms with Gasteiger partial charge < -0.3 is 40.3 Å². The highest BCUT2D eigenvalue weighted by molar-refractivity contribution is 5.76. The summed E-state index contributed by atoms with van der Waals surface area (Å²) in [5, 5.41) is 54.3. The summed E-state index contributed by atoms with van der Waals surface area (Å²) in [6.07, 6.45) is 36.0. The van der Waals surface area contributed by atoms with E-state index in [1.54, 1.807) is 0 Å². The van der Waals surface area contributed by atoms with Crippen LogP contribution in [-0.4, -0.2) is 87.5 Å². The highest BCUT2D eigenvalue weighted by atomic mass is 16.7. The minimum absolute atomic E-state index is 0.142. The second-order valence-electron chi connectivity index (χ2n) is 16.2. The van der Waals surface area contributed by atoms with E-state index < -0.39 is 49.5 Å². The lowest BCUT2D eigenvalue weighted by Gasteiger charge is -2.40. The van der Waals surface area contributed by atoms with Gasteiger partial charge >= 0.3 is 0 Å². The van der Waals surface area contributed by atoms with Crippen LogP contribution in [0.15, 0.2) is 24.3 Å². The second-order valence-corrected chi connectivity index (χ2v) is 16.2. The molecule has 1 saturated heterocycles. The van der Waals surface area contributed by atoms with Crippen LogP contribution in [0, 0.1) is 0 Å². The van der Waals surface area contributed by atoms with Gasteiger partial charge in [-0.15, -0.1) is 0 Å². The quantitative estimate of drug-likeness (QED) is 0.0268. The molecule has 0 radical (unpaired) electrons. The van der Waals surface area contributed by atoms with E-state index in [2.05, 4.69) is 43.5 Å². The fourth-order valence-electron chi connectivity index (χ4n) is 7.31. The maximum absolute atomic E-state index is 13.0. The standard InChI is InChI=1S/C46H87NO8/c1-3-5-7-9-11-13-15-17-19-20-22-23-25-27-29-31-33-35-40(49)39(38-54-46-45(53)44(52)43(51)41(37-48)55-46)47-42(50)36-34-32-30-28-26-24-21-18-16-14-12-10-8-6-4-2/h12,14,18,21,39-41,43-46,48-49,51-53H,3-11,13,15-17,19-20,22-38H2,1-2H3,(H,47,50)/b14-12-,21-18-.